The molecule has 2 atom stereocenters. The second kappa shape index (κ2) is 5.83. The number of rotatable bonds is 1. The SMILES string of the molecule is Cl.NC1CC(c2ccc(Cl)cc2)Oc2ccccc21. The molecule has 19 heavy (non-hydrogen) atoms. The quantitative estimate of drug-likeness (QED) is 0.852. The normalized spacial score (nSPS) is 20.9. The fraction of sp³-hybridized carbons (Fsp3) is 0.200. The molecule has 100 valence electrons. The highest BCUT2D eigenvalue weighted by molar-refractivity contribution is 6.30. The number of hydrogen-bond donors (Lipinski definition) is 1. The van der Waals surface area contributed by atoms with E-state index in [1.54, 1.807) is 0 Å². The first-order valence-corrected chi connectivity index (χ1v) is 6.38. The number of halogens is 2. The minimum Gasteiger partial charge on any atom is -0.485 e. The molecule has 0 aromatic heterocycles. The lowest BCUT2D eigenvalue weighted by molar-refractivity contribution is 0.161. The predicted octanol–water partition coefficient (Wildman–Crippen LogP) is 4.29. The standard InChI is InChI=1S/C15H14ClNO.ClH/c16-11-7-5-10(6-8-11)15-9-13(17)12-3-1-2-4-14(12)18-15;/h1-8,13,15H,9,17H2;1H. The Labute approximate surface area is 123 Å². The molecule has 0 amide bonds. The Bertz CT molecular complexity index is 556. The van der Waals surface area contributed by atoms with Gasteiger partial charge in [0.25, 0.3) is 0 Å². The van der Waals surface area contributed by atoms with Crippen LogP contribution in [0.5, 0.6) is 5.75 Å². The zero-order chi connectivity index (χ0) is 12.5. The Kier molecular flexibility index (Phi) is 4.35. The van der Waals surface area contributed by atoms with E-state index in [4.69, 9.17) is 22.1 Å². The van der Waals surface area contributed by atoms with Crippen LogP contribution in [0.2, 0.25) is 5.02 Å². The van der Waals surface area contributed by atoms with Crippen molar-refractivity contribution >= 4 is 24.0 Å². The van der Waals surface area contributed by atoms with Gasteiger partial charge in [0.05, 0.1) is 0 Å². The summed E-state index contributed by atoms with van der Waals surface area (Å²) >= 11 is 5.89. The highest BCUT2D eigenvalue weighted by Gasteiger charge is 2.26. The molecule has 0 saturated heterocycles. The Morgan fingerprint density at radius 1 is 1.05 bits per heavy atom. The molecule has 0 bridgehead atoms. The van der Waals surface area contributed by atoms with E-state index in [0.29, 0.717) is 0 Å². The van der Waals surface area contributed by atoms with E-state index in [1.165, 1.54) is 0 Å². The molecule has 1 aliphatic heterocycles. The zero-order valence-corrected chi connectivity index (χ0v) is 11.8. The number of ether oxygens (including phenoxy) is 1. The van der Waals surface area contributed by atoms with Gasteiger partial charge in [-0.15, -0.1) is 12.4 Å². The van der Waals surface area contributed by atoms with Gasteiger partial charge >= 0.3 is 0 Å². The van der Waals surface area contributed by atoms with E-state index >= 15 is 0 Å². The van der Waals surface area contributed by atoms with Crippen molar-refractivity contribution < 1.29 is 4.74 Å². The van der Waals surface area contributed by atoms with Gasteiger partial charge in [0.1, 0.15) is 11.9 Å². The van der Waals surface area contributed by atoms with Crippen molar-refractivity contribution in [2.24, 2.45) is 5.73 Å². The summed E-state index contributed by atoms with van der Waals surface area (Å²) in [6, 6.07) is 15.7. The lowest BCUT2D eigenvalue weighted by Gasteiger charge is -2.30. The highest BCUT2D eigenvalue weighted by Crippen LogP contribution is 2.39. The maximum atomic E-state index is 6.20. The van der Waals surface area contributed by atoms with Crippen LogP contribution in [0.3, 0.4) is 0 Å². The van der Waals surface area contributed by atoms with Crippen LogP contribution in [0.15, 0.2) is 48.5 Å². The topological polar surface area (TPSA) is 35.2 Å². The van der Waals surface area contributed by atoms with Gasteiger partial charge in [-0.2, -0.15) is 0 Å². The Hall–Kier alpha value is -1.22. The molecule has 2 aromatic rings. The first-order valence-electron chi connectivity index (χ1n) is 6.00. The number of para-hydroxylation sites is 1. The van der Waals surface area contributed by atoms with Crippen molar-refractivity contribution in [3.05, 3.63) is 64.7 Å². The highest BCUT2D eigenvalue weighted by atomic mass is 35.5. The summed E-state index contributed by atoms with van der Waals surface area (Å²) in [5, 5.41) is 0.735. The molecule has 2 nitrogen and oxygen atoms in total. The zero-order valence-electron chi connectivity index (χ0n) is 10.3. The van der Waals surface area contributed by atoms with Crippen LogP contribution in [-0.2, 0) is 0 Å². The van der Waals surface area contributed by atoms with Gasteiger partial charge in [-0.1, -0.05) is 41.9 Å². The summed E-state index contributed by atoms with van der Waals surface area (Å²) in [4.78, 5) is 0. The second-order valence-electron chi connectivity index (χ2n) is 4.54. The van der Waals surface area contributed by atoms with Gasteiger partial charge in [0.15, 0.2) is 0 Å². The number of fused-ring (bicyclic) bond motifs is 1. The van der Waals surface area contributed by atoms with E-state index in [9.17, 15) is 0 Å². The fourth-order valence-electron chi connectivity index (χ4n) is 2.33. The van der Waals surface area contributed by atoms with Crippen LogP contribution in [0.4, 0.5) is 0 Å². The van der Waals surface area contributed by atoms with Gasteiger partial charge < -0.3 is 10.5 Å². The first-order chi connectivity index (χ1) is 8.74. The lowest BCUT2D eigenvalue weighted by Crippen LogP contribution is -2.23. The minimum absolute atomic E-state index is 0. The maximum Gasteiger partial charge on any atom is 0.126 e. The van der Waals surface area contributed by atoms with Gasteiger partial charge in [-0.25, -0.2) is 0 Å². The molecule has 1 heterocycles. The average molecular weight is 296 g/mol. The predicted molar refractivity (Wildman–Crippen MR) is 80.1 cm³/mol. The molecule has 2 aromatic carbocycles. The van der Waals surface area contributed by atoms with Crippen LogP contribution in [0.25, 0.3) is 0 Å². The third kappa shape index (κ3) is 2.86. The van der Waals surface area contributed by atoms with Crippen molar-refractivity contribution in [1.29, 1.82) is 0 Å². The lowest BCUT2D eigenvalue weighted by atomic mass is 9.94. The van der Waals surface area contributed by atoms with Crippen molar-refractivity contribution in [1.82, 2.24) is 0 Å². The molecule has 0 spiro atoms. The third-order valence-corrected chi connectivity index (χ3v) is 3.55. The Morgan fingerprint density at radius 3 is 2.47 bits per heavy atom. The van der Waals surface area contributed by atoms with Crippen molar-refractivity contribution in [3.8, 4) is 5.75 Å². The summed E-state index contributed by atoms with van der Waals surface area (Å²) < 4.78 is 6.01. The van der Waals surface area contributed by atoms with Crippen LogP contribution in [0.1, 0.15) is 29.7 Å². The molecule has 0 saturated carbocycles. The Morgan fingerprint density at radius 2 is 1.74 bits per heavy atom. The monoisotopic (exact) mass is 295 g/mol. The Balaban J connectivity index is 0.00000133. The molecule has 2 N–H and O–H groups in total. The molecule has 1 aliphatic rings. The summed E-state index contributed by atoms with van der Waals surface area (Å²) in [5.74, 6) is 0.885. The minimum atomic E-state index is 0. The van der Waals surface area contributed by atoms with Crippen LogP contribution < -0.4 is 10.5 Å². The summed E-state index contributed by atoms with van der Waals surface area (Å²) in [6.45, 7) is 0. The van der Waals surface area contributed by atoms with E-state index in [1.807, 2.05) is 48.5 Å². The fourth-order valence-corrected chi connectivity index (χ4v) is 2.46. The number of hydrogen-bond acceptors (Lipinski definition) is 2. The van der Waals surface area contributed by atoms with Gasteiger partial charge in [-0.3, -0.25) is 0 Å². The summed E-state index contributed by atoms with van der Waals surface area (Å²) in [6.07, 6.45) is 0.797. The molecule has 4 heteroatoms. The molecule has 0 fully saturated rings. The first kappa shape index (κ1) is 14.2. The van der Waals surface area contributed by atoms with E-state index in [-0.39, 0.29) is 24.6 Å². The van der Waals surface area contributed by atoms with Crippen molar-refractivity contribution in [2.75, 3.05) is 0 Å². The molecule has 2 unspecified atom stereocenters. The third-order valence-electron chi connectivity index (χ3n) is 3.30. The molecular weight excluding hydrogens is 281 g/mol. The van der Waals surface area contributed by atoms with Crippen molar-refractivity contribution in [3.63, 3.8) is 0 Å². The van der Waals surface area contributed by atoms with Gasteiger partial charge in [-0.05, 0) is 23.8 Å². The largest absolute Gasteiger partial charge is 0.485 e. The number of benzene rings is 2. The molecule has 3 rings (SSSR count). The van der Waals surface area contributed by atoms with Crippen LogP contribution in [-0.4, -0.2) is 0 Å². The van der Waals surface area contributed by atoms with Crippen LogP contribution >= 0.6 is 24.0 Å². The molecular formula is C15H15Cl2NO. The smallest absolute Gasteiger partial charge is 0.126 e. The molecule has 0 radical (unpaired) electrons. The average Bonchev–Trinajstić information content (AvgIpc) is 2.39. The van der Waals surface area contributed by atoms with E-state index in [0.717, 1.165) is 28.3 Å². The molecule has 0 aliphatic carbocycles. The second-order valence-corrected chi connectivity index (χ2v) is 4.97. The van der Waals surface area contributed by atoms with Gasteiger partial charge in [0.2, 0.25) is 0 Å². The van der Waals surface area contributed by atoms with Gasteiger partial charge in [0, 0.05) is 23.0 Å². The van der Waals surface area contributed by atoms with Crippen LogP contribution in [0, 0.1) is 0 Å². The maximum absolute atomic E-state index is 6.20. The number of nitrogens with two attached hydrogens (primary N) is 1. The van der Waals surface area contributed by atoms with Crippen molar-refractivity contribution in [2.45, 2.75) is 18.6 Å². The van der Waals surface area contributed by atoms with E-state index < -0.39 is 0 Å². The summed E-state index contributed by atoms with van der Waals surface area (Å²) in [7, 11) is 0. The van der Waals surface area contributed by atoms with E-state index in [2.05, 4.69) is 0 Å². The summed E-state index contributed by atoms with van der Waals surface area (Å²) in [5.41, 5.74) is 8.40.